The molecule has 5 amide bonds. The van der Waals surface area contributed by atoms with Gasteiger partial charge in [-0.25, -0.2) is 0 Å². The van der Waals surface area contributed by atoms with E-state index in [1.54, 1.807) is 6.92 Å². The number of rotatable bonds is 21. The highest BCUT2D eigenvalue weighted by Crippen LogP contribution is 2.17. The van der Waals surface area contributed by atoms with Crippen LogP contribution in [-0.2, 0) is 30.5 Å². The third kappa shape index (κ3) is 16.5. The zero-order valence-corrected chi connectivity index (χ0v) is 30.5. The Morgan fingerprint density at radius 3 is 1.85 bits per heavy atom. The first-order chi connectivity index (χ1) is 22.0. The minimum absolute atomic E-state index is 0.0563. The van der Waals surface area contributed by atoms with E-state index in [4.69, 9.17) is 0 Å². The standard InChI is InChI=1S/C35H59N5O6S/c1-21(2)17-28(39-33(44)27(15-16-47-9)38-34(45)29(18-22(3)4)37-25(8)41)30(42)19-24(7)32(43)40-31(23(5)6)35(46)36-20-26-13-11-10-12-14-26/h10-14,21-24,27-31,42H,15-20H2,1-9H3,(H,36,46)(H,37,41)(H,38,45)(H,39,44)(H,40,43)/t24-,27+,28+,29+,30+,31+/m1/s1. The molecule has 11 nitrogen and oxygen atoms in total. The predicted molar refractivity (Wildman–Crippen MR) is 188 cm³/mol. The molecule has 0 aromatic heterocycles. The maximum atomic E-state index is 13.6. The molecule has 6 N–H and O–H groups in total. The van der Waals surface area contributed by atoms with Gasteiger partial charge in [-0.05, 0) is 61.0 Å². The quantitative estimate of drug-likeness (QED) is 0.116. The molecule has 0 saturated carbocycles. The van der Waals surface area contributed by atoms with E-state index in [2.05, 4.69) is 26.6 Å². The van der Waals surface area contributed by atoms with Crippen LogP contribution in [0.15, 0.2) is 30.3 Å². The monoisotopic (exact) mass is 677 g/mol. The maximum absolute atomic E-state index is 13.6. The Balaban J connectivity index is 2.97. The van der Waals surface area contributed by atoms with E-state index in [1.807, 2.05) is 78.1 Å². The van der Waals surface area contributed by atoms with Crippen molar-refractivity contribution in [2.75, 3.05) is 12.0 Å². The fourth-order valence-corrected chi connectivity index (χ4v) is 5.66. The van der Waals surface area contributed by atoms with Crippen LogP contribution in [0.5, 0.6) is 0 Å². The molecule has 47 heavy (non-hydrogen) atoms. The lowest BCUT2D eigenvalue weighted by atomic mass is 9.91. The van der Waals surface area contributed by atoms with Crippen LogP contribution in [0.2, 0.25) is 0 Å². The van der Waals surface area contributed by atoms with Gasteiger partial charge in [0.05, 0.1) is 12.1 Å². The van der Waals surface area contributed by atoms with Crippen molar-refractivity contribution in [2.24, 2.45) is 23.7 Å². The number of nitrogens with one attached hydrogen (secondary N) is 5. The molecule has 12 heteroatoms. The Labute approximate surface area is 285 Å². The third-order valence-corrected chi connectivity index (χ3v) is 8.41. The van der Waals surface area contributed by atoms with Gasteiger partial charge in [0.15, 0.2) is 0 Å². The summed E-state index contributed by atoms with van der Waals surface area (Å²) in [6.07, 6.45) is 2.13. The molecule has 0 aliphatic heterocycles. The SMILES string of the molecule is CSCC[C@H](NC(=O)[C@H](CC(C)C)NC(C)=O)C(=O)N[C@@H](CC(C)C)[C@@H](O)C[C@@H](C)C(=O)N[C@H](C(=O)NCc1ccccc1)C(C)C. The van der Waals surface area contributed by atoms with Crippen LogP contribution < -0.4 is 26.6 Å². The minimum Gasteiger partial charge on any atom is -0.391 e. The van der Waals surface area contributed by atoms with E-state index >= 15 is 0 Å². The van der Waals surface area contributed by atoms with Crippen LogP contribution in [0.1, 0.15) is 86.6 Å². The fourth-order valence-electron chi connectivity index (χ4n) is 5.19. The van der Waals surface area contributed by atoms with Gasteiger partial charge in [-0.2, -0.15) is 11.8 Å². The van der Waals surface area contributed by atoms with Gasteiger partial charge in [-0.15, -0.1) is 0 Å². The van der Waals surface area contributed by atoms with Crippen LogP contribution in [0.25, 0.3) is 0 Å². The van der Waals surface area contributed by atoms with Gasteiger partial charge in [-0.1, -0.05) is 78.8 Å². The molecular weight excluding hydrogens is 618 g/mol. The Morgan fingerprint density at radius 1 is 0.723 bits per heavy atom. The molecule has 1 rings (SSSR count). The van der Waals surface area contributed by atoms with E-state index in [1.165, 1.54) is 18.7 Å². The van der Waals surface area contributed by atoms with Crippen molar-refractivity contribution in [3.8, 4) is 0 Å². The van der Waals surface area contributed by atoms with Gasteiger partial charge in [0.25, 0.3) is 0 Å². The van der Waals surface area contributed by atoms with Crippen molar-refractivity contribution >= 4 is 41.3 Å². The van der Waals surface area contributed by atoms with Gasteiger partial charge in [-0.3, -0.25) is 24.0 Å². The van der Waals surface area contributed by atoms with E-state index in [0.717, 1.165) is 5.56 Å². The largest absolute Gasteiger partial charge is 0.391 e. The van der Waals surface area contributed by atoms with Gasteiger partial charge >= 0.3 is 0 Å². The molecule has 0 saturated heterocycles. The lowest BCUT2D eigenvalue weighted by Gasteiger charge is -2.30. The van der Waals surface area contributed by atoms with Crippen LogP contribution in [0.3, 0.4) is 0 Å². The van der Waals surface area contributed by atoms with E-state index in [0.29, 0.717) is 31.6 Å². The van der Waals surface area contributed by atoms with Crippen molar-refractivity contribution in [1.29, 1.82) is 0 Å². The molecule has 0 radical (unpaired) electrons. The van der Waals surface area contributed by atoms with Crippen LogP contribution in [0.4, 0.5) is 0 Å². The highest BCUT2D eigenvalue weighted by atomic mass is 32.2. The summed E-state index contributed by atoms with van der Waals surface area (Å²) < 4.78 is 0. The Kier molecular flexibility index (Phi) is 19.3. The predicted octanol–water partition coefficient (Wildman–Crippen LogP) is 3.15. The number of amides is 5. The van der Waals surface area contributed by atoms with Gasteiger partial charge < -0.3 is 31.7 Å². The number of hydrogen-bond acceptors (Lipinski definition) is 7. The second-order valence-corrected chi connectivity index (χ2v) is 14.6. The van der Waals surface area contributed by atoms with E-state index < -0.39 is 48.0 Å². The molecule has 0 spiro atoms. The van der Waals surface area contributed by atoms with Crippen LogP contribution in [0, 0.1) is 23.7 Å². The minimum atomic E-state index is -1.06. The molecule has 0 aliphatic rings. The summed E-state index contributed by atoms with van der Waals surface area (Å²) in [4.78, 5) is 64.7. The number of hydrogen-bond donors (Lipinski definition) is 6. The number of carbonyl (C=O) groups excluding carboxylic acids is 5. The summed E-state index contributed by atoms with van der Waals surface area (Å²) in [5.74, 6) is -1.81. The van der Waals surface area contributed by atoms with Gasteiger partial charge in [0, 0.05) is 19.4 Å². The first-order valence-electron chi connectivity index (χ1n) is 16.7. The second kappa shape index (κ2) is 21.7. The van der Waals surface area contributed by atoms with Gasteiger partial charge in [0.2, 0.25) is 29.5 Å². The zero-order valence-electron chi connectivity index (χ0n) is 29.7. The smallest absolute Gasteiger partial charge is 0.243 e. The van der Waals surface area contributed by atoms with Crippen molar-refractivity contribution in [1.82, 2.24) is 26.6 Å². The molecule has 1 aromatic rings. The lowest BCUT2D eigenvalue weighted by molar-refractivity contribution is -0.133. The lowest BCUT2D eigenvalue weighted by Crippen LogP contribution is -2.56. The highest BCUT2D eigenvalue weighted by molar-refractivity contribution is 7.98. The number of benzene rings is 1. The molecule has 6 atom stereocenters. The molecule has 266 valence electrons. The number of aliphatic hydroxyl groups is 1. The average molecular weight is 678 g/mol. The summed E-state index contributed by atoms with van der Waals surface area (Å²) in [6.45, 7) is 14.9. The number of carbonyl (C=O) groups is 5. The van der Waals surface area contributed by atoms with Crippen molar-refractivity contribution in [3.05, 3.63) is 35.9 Å². The number of thioether (sulfide) groups is 1. The summed E-state index contributed by atoms with van der Waals surface area (Å²) in [7, 11) is 0. The molecule has 0 bridgehead atoms. The Morgan fingerprint density at radius 2 is 1.32 bits per heavy atom. The topological polar surface area (TPSA) is 166 Å². The van der Waals surface area contributed by atoms with Crippen LogP contribution in [-0.4, -0.2) is 76.9 Å². The Bertz CT molecular complexity index is 1130. The molecule has 0 heterocycles. The normalized spacial score (nSPS) is 15.3. The van der Waals surface area contributed by atoms with Gasteiger partial charge in [0.1, 0.15) is 18.1 Å². The molecular formula is C35H59N5O6S. The zero-order chi connectivity index (χ0) is 35.7. The summed E-state index contributed by atoms with van der Waals surface area (Å²) in [5.41, 5.74) is 0.947. The van der Waals surface area contributed by atoms with Crippen LogP contribution >= 0.6 is 11.8 Å². The molecule has 0 aliphatic carbocycles. The summed E-state index contributed by atoms with van der Waals surface area (Å²) >= 11 is 1.54. The average Bonchev–Trinajstić information content (AvgIpc) is 2.99. The highest BCUT2D eigenvalue weighted by Gasteiger charge is 2.32. The summed E-state index contributed by atoms with van der Waals surface area (Å²) in [6, 6.07) is 6.42. The first-order valence-corrected chi connectivity index (χ1v) is 18.1. The maximum Gasteiger partial charge on any atom is 0.243 e. The molecule has 1 aromatic carbocycles. The summed E-state index contributed by atoms with van der Waals surface area (Å²) in [5, 5.41) is 25.5. The first kappa shape index (κ1) is 41.9. The second-order valence-electron chi connectivity index (χ2n) is 13.6. The molecule has 0 unspecified atom stereocenters. The molecule has 0 fully saturated rings. The van der Waals surface area contributed by atoms with E-state index in [-0.39, 0.29) is 41.9 Å². The fraction of sp³-hybridized carbons (Fsp3) is 0.686. The van der Waals surface area contributed by atoms with Crippen molar-refractivity contribution in [3.63, 3.8) is 0 Å². The Hall–Kier alpha value is -3.12. The van der Waals surface area contributed by atoms with Crippen molar-refractivity contribution in [2.45, 2.75) is 118 Å². The third-order valence-electron chi connectivity index (χ3n) is 7.76. The van der Waals surface area contributed by atoms with E-state index in [9.17, 15) is 29.1 Å². The number of aliphatic hydroxyl groups excluding tert-OH is 1. The van der Waals surface area contributed by atoms with Crippen molar-refractivity contribution < 1.29 is 29.1 Å².